The molecule has 238 valence electrons. The quantitative estimate of drug-likeness (QED) is 0.339. The predicted octanol–water partition coefficient (Wildman–Crippen LogP) is 2.50. The average molecular weight is 610 g/mol. The molecule has 0 spiro atoms. The number of hydrogen-bond donors (Lipinski definition) is 3. The van der Waals surface area contributed by atoms with E-state index in [1.165, 1.54) is 23.0 Å². The molecule has 11 nitrogen and oxygen atoms in total. The third kappa shape index (κ3) is 7.28. The van der Waals surface area contributed by atoms with Crippen LogP contribution in [-0.2, 0) is 21.4 Å². The molecule has 0 unspecified atom stereocenters. The number of likely N-dealkylation sites (N-methyl/N-ethyl adjacent to an activating group) is 1. The maximum absolute atomic E-state index is 15.6. The minimum absolute atomic E-state index is 0.00406. The molecule has 2 aliphatic carbocycles. The monoisotopic (exact) mass is 609 g/mol. The fourth-order valence-corrected chi connectivity index (χ4v) is 6.26. The first-order chi connectivity index (χ1) is 21.1. The molecule has 2 heterocycles. The average Bonchev–Trinajstić information content (AvgIpc) is 3.96. The van der Waals surface area contributed by atoms with Gasteiger partial charge in [-0.15, -0.1) is 0 Å². The summed E-state index contributed by atoms with van der Waals surface area (Å²) in [5.74, 6) is -1.78. The highest BCUT2D eigenvalue weighted by atomic mass is 19.1. The van der Waals surface area contributed by atoms with E-state index in [9.17, 15) is 19.2 Å². The van der Waals surface area contributed by atoms with Gasteiger partial charge in [0, 0.05) is 51.8 Å². The fraction of sp³-hybridized carbons (Fsp3) is 0.594. The topological polar surface area (TPSA) is 129 Å². The van der Waals surface area contributed by atoms with Crippen molar-refractivity contribution in [3.8, 4) is 0 Å². The van der Waals surface area contributed by atoms with Crippen molar-refractivity contribution in [2.45, 2.75) is 64.0 Å². The Bertz CT molecular complexity index is 1370. The highest BCUT2D eigenvalue weighted by Crippen LogP contribution is 2.51. The van der Waals surface area contributed by atoms with Crippen molar-refractivity contribution in [1.82, 2.24) is 30.2 Å². The number of benzene rings is 1. The van der Waals surface area contributed by atoms with Gasteiger partial charge in [0.2, 0.25) is 17.7 Å². The van der Waals surface area contributed by atoms with Gasteiger partial charge in [0.15, 0.2) is 0 Å². The first-order valence-corrected chi connectivity index (χ1v) is 15.7. The van der Waals surface area contributed by atoms with Crippen molar-refractivity contribution in [3.05, 3.63) is 47.5 Å². The number of halogens is 1. The van der Waals surface area contributed by atoms with Gasteiger partial charge in [-0.05, 0) is 74.2 Å². The Hall–Kier alpha value is -3.80. The molecule has 3 atom stereocenters. The van der Waals surface area contributed by atoms with Crippen molar-refractivity contribution in [1.29, 1.82) is 0 Å². The Balaban J connectivity index is 1.33. The first kappa shape index (κ1) is 31.6. The number of nitrogens with one attached hydrogen (secondary N) is 3. The van der Waals surface area contributed by atoms with Crippen LogP contribution in [0.2, 0.25) is 0 Å². The van der Waals surface area contributed by atoms with Gasteiger partial charge in [0.25, 0.3) is 5.91 Å². The number of anilines is 1. The van der Waals surface area contributed by atoms with E-state index >= 15 is 4.39 Å². The summed E-state index contributed by atoms with van der Waals surface area (Å²) >= 11 is 0. The summed E-state index contributed by atoms with van der Waals surface area (Å²) in [6.45, 7) is 6.11. The minimum atomic E-state index is -0.852. The van der Waals surface area contributed by atoms with Crippen molar-refractivity contribution in [2.75, 3.05) is 38.5 Å². The van der Waals surface area contributed by atoms with Crippen LogP contribution in [0.15, 0.2) is 30.5 Å². The van der Waals surface area contributed by atoms with Gasteiger partial charge in [0.05, 0.1) is 5.69 Å². The first-order valence-electron chi connectivity index (χ1n) is 15.7. The van der Waals surface area contributed by atoms with Crippen LogP contribution in [0.5, 0.6) is 0 Å². The Morgan fingerprint density at radius 3 is 2.16 bits per heavy atom. The van der Waals surface area contributed by atoms with Crippen molar-refractivity contribution < 1.29 is 23.6 Å². The number of nitrogens with zero attached hydrogens (tertiary/aromatic N) is 4. The van der Waals surface area contributed by atoms with Crippen LogP contribution in [0.25, 0.3) is 0 Å². The van der Waals surface area contributed by atoms with E-state index in [2.05, 4.69) is 25.9 Å². The number of rotatable bonds is 12. The third-order valence-electron chi connectivity index (χ3n) is 9.34. The zero-order valence-corrected chi connectivity index (χ0v) is 26.0. The molecule has 3 fully saturated rings. The molecule has 0 bridgehead atoms. The fourth-order valence-electron chi connectivity index (χ4n) is 6.26. The molecule has 1 aromatic heterocycles. The summed E-state index contributed by atoms with van der Waals surface area (Å²) in [5.41, 5.74) is 0.864. The number of piperazine rings is 1. The van der Waals surface area contributed by atoms with E-state index < -0.39 is 35.6 Å². The van der Waals surface area contributed by atoms with Gasteiger partial charge in [-0.2, -0.15) is 5.10 Å². The van der Waals surface area contributed by atoms with E-state index in [0.29, 0.717) is 36.2 Å². The Morgan fingerprint density at radius 1 is 0.955 bits per heavy atom. The zero-order chi connectivity index (χ0) is 31.5. The number of carbonyl (C=O) groups excluding carboxylic acids is 4. The SMILES string of the molecule is CCC(=O)N[C@@H](C(=O)N1CCN(C)CC1)[C@@H](C)c1ccc(NC(=O)[C@@H](NC(=O)c2ccnn2C)C(C2CC2)C2CC2)c(F)c1. The molecule has 4 amide bonds. The lowest BCUT2D eigenvalue weighted by Crippen LogP contribution is -2.55. The molecule has 3 N–H and O–H groups in total. The molecule has 12 heteroatoms. The van der Waals surface area contributed by atoms with Crippen LogP contribution in [0.3, 0.4) is 0 Å². The Morgan fingerprint density at radius 2 is 1.61 bits per heavy atom. The van der Waals surface area contributed by atoms with Gasteiger partial charge in [-0.25, -0.2) is 4.39 Å². The zero-order valence-electron chi connectivity index (χ0n) is 26.0. The smallest absolute Gasteiger partial charge is 0.270 e. The van der Waals surface area contributed by atoms with Gasteiger partial charge >= 0.3 is 0 Å². The maximum atomic E-state index is 15.6. The van der Waals surface area contributed by atoms with Gasteiger partial charge < -0.3 is 25.8 Å². The molecule has 1 saturated heterocycles. The van der Waals surface area contributed by atoms with E-state index in [1.54, 1.807) is 37.9 Å². The van der Waals surface area contributed by atoms with E-state index in [4.69, 9.17) is 0 Å². The van der Waals surface area contributed by atoms with E-state index in [0.717, 1.165) is 38.8 Å². The normalized spacial score (nSPS) is 19.3. The number of hydrogen-bond acceptors (Lipinski definition) is 6. The summed E-state index contributed by atoms with van der Waals surface area (Å²) in [6.07, 6.45) is 5.79. The van der Waals surface area contributed by atoms with Gasteiger partial charge in [-0.3, -0.25) is 23.9 Å². The molecule has 44 heavy (non-hydrogen) atoms. The molecular formula is C32H44FN7O4. The predicted molar refractivity (Wildman–Crippen MR) is 163 cm³/mol. The van der Waals surface area contributed by atoms with Crippen LogP contribution in [0, 0.1) is 23.6 Å². The van der Waals surface area contributed by atoms with E-state index in [1.807, 2.05) is 7.05 Å². The lowest BCUT2D eigenvalue weighted by molar-refractivity contribution is -0.138. The lowest BCUT2D eigenvalue weighted by Gasteiger charge is -2.36. The molecule has 0 radical (unpaired) electrons. The highest BCUT2D eigenvalue weighted by Gasteiger charge is 2.48. The molecule has 2 aromatic rings. The van der Waals surface area contributed by atoms with Gasteiger partial charge in [-0.1, -0.05) is 19.9 Å². The molecule has 2 saturated carbocycles. The summed E-state index contributed by atoms with van der Waals surface area (Å²) in [5, 5.41) is 12.6. The molecular weight excluding hydrogens is 565 g/mol. The summed E-state index contributed by atoms with van der Waals surface area (Å²) in [4.78, 5) is 56.6. The molecule has 5 rings (SSSR count). The summed E-state index contributed by atoms with van der Waals surface area (Å²) in [6, 6.07) is 4.40. The second-order valence-electron chi connectivity index (χ2n) is 12.6. The number of amides is 4. The molecule has 1 aliphatic heterocycles. The van der Waals surface area contributed by atoms with Crippen LogP contribution in [-0.4, -0.2) is 88.5 Å². The number of aryl methyl sites for hydroxylation is 1. The molecule has 3 aliphatic rings. The lowest BCUT2D eigenvalue weighted by atomic mass is 9.88. The Labute approximate surface area is 257 Å². The number of aromatic nitrogens is 2. The second kappa shape index (κ2) is 13.5. The van der Waals surface area contributed by atoms with Crippen LogP contribution in [0.4, 0.5) is 10.1 Å². The minimum Gasteiger partial charge on any atom is -0.344 e. The summed E-state index contributed by atoms with van der Waals surface area (Å²) in [7, 11) is 3.66. The standard InChI is InChI=1S/C32H44FN7O4/c1-5-26(41)36-28(32(44)40-16-14-38(3)15-17-40)19(2)22-10-11-24(23(33)18-22)35-31(43)29(27(20-6-7-20)21-8-9-21)37-30(42)25-12-13-34-39(25)4/h10-13,18-21,27-29H,5-9,14-17H2,1-4H3,(H,35,43)(H,36,41)(H,37,42)/t19-,28+,29-/m0/s1. The third-order valence-corrected chi connectivity index (χ3v) is 9.34. The molecule has 1 aromatic carbocycles. The van der Waals surface area contributed by atoms with Crippen molar-refractivity contribution >= 4 is 29.3 Å². The highest BCUT2D eigenvalue weighted by molar-refractivity contribution is 6.01. The van der Waals surface area contributed by atoms with Gasteiger partial charge in [0.1, 0.15) is 23.6 Å². The Kier molecular flexibility index (Phi) is 9.67. The second-order valence-corrected chi connectivity index (χ2v) is 12.6. The van der Waals surface area contributed by atoms with Crippen molar-refractivity contribution in [2.24, 2.45) is 24.8 Å². The van der Waals surface area contributed by atoms with E-state index in [-0.39, 0.29) is 29.8 Å². The van der Waals surface area contributed by atoms with Crippen LogP contribution >= 0.6 is 0 Å². The largest absolute Gasteiger partial charge is 0.344 e. The maximum Gasteiger partial charge on any atom is 0.270 e. The van der Waals surface area contributed by atoms with Crippen LogP contribution < -0.4 is 16.0 Å². The number of carbonyl (C=O) groups is 4. The van der Waals surface area contributed by atoms with Crippen molar-refractivity contribution in [3.63, 3.8) is 0 Å². The van der Waals surface area contributed by atoms with Crippen LogP contribution in [0.1, 0.15) is 67.9 Å². The summed E-state index contributed by atoms with van der Waals surface area (Å²) < 4.78 is 17.1.